The van der Waals surface area contributed by atoms with Crippen molar-refractivity contribution in [3.05, 3.63) is 58.5 Å². The van der Waals surface area contributed by atoms with Crippen LogP contribution in [-0.4, -0.2) is 25.0 Å². The van der Waals surface area contributed by atoms with Crippen molar-refractivity contribution in [2.75, 3.05) is 13.1 Å². The van der Waals surface area contributed by atoms with Gasteiger partial charge in [-0.2, -0.15) is 0 Å². The standard InChI is InChI=1S/C18H20F2N2O2/c1-10-7-11(2)24-17(10)18(23)22-16-9-21-6-5-13(16)12-3-4-14(19)15(20)8-12/h3-4,7-8,13,16,21H,5-6,9H2,1-2H3,(H,22,23). The zero-order chi connectivity index (χ0) is 17.3. The Kier molecular flexibility index (Phi) is 4.66. The van der Waals surface area contributed by atoms with Crippen LogP contribution in [0.25, 0.3) is 0 Å². The highest BCUT2D eigenvalue weighted by Gasteiger charge is 2.29. The molecule has 0 aliphatic carbocycles. The van der Waals surface area contributed by atoms with E-state index < -0.39 is 11.6 Å². The van der Waals surface area contributed by atoms with Gasteiger partial charge >= 0.3 is 0 Å². The van der Waals surface area contributed by atoms with Crippen LogP contribution in [0.2, 0.25) is 0 Å². The third kappa shape index (κ3) is 3.33. The summed E-state index contributed by atoms with van der Waals surface area (Å²) in [5, 5.41) is 6.18. The second-order valence-electron chi connectivity index (χ2n) is 6.22. The predicted octanol–water partition coefficient (Wildman–Crippen LogP) is 3.05. The molecule has 2 atom stereocenters. The summed E-state index contributed by atoms with van der Waals surface area (Å²) in [6, 6.07) is 5.51. The van der Waals surface area contributed by atoms with Gasteiger partial charge in [0, 0.05) is 24.1 Å². The van der Waals surface area contributed by atoms with E-state index in [9.17, 15) is 13.6 Å². The fraction of sp³-hybridized carbons (Fsp3) is 0.389. The Bertz CT molecular complexity index is 757. The Morgan fingerprint density at radius 1 is 1.25 bits per heavy atom. The normalized spacial score (nSPS) is 20.8. The number of nitrogens with one attached hydrogen (secondary N) is 2. The van der Waals surface area contributed by atoms with Crippen LogP contribution in [0.1, 0.15) is 39.8 Å². The third-order valence-electron chi connectivity index (χ3n) is 4.42. The van der Waals surface area contributed by atoms with Crippen molar-refractivity contribution in [1.29, 1.82) is 0 Å². The topological polar surface area (TPSA) is 54.3 Å². The molecule has 1 aliphatic rings. The van der Waals surface area contributed by atoms with Gasteiger partial charge in [-0.3, -0.25) is 4.79 Å². The van der Waals surface area contributed by atoms with E-state index in [0.717, 1.165) is 24.6 Å². The minimum atomic E-state index is -0.867. The smallest absolute Gasteiger partial charge is 0.287 e. The molecule has 4 nitrogen and oxygen atoms in total. The van der Waals surface area contributed by atoms with Crippen molar-refractivity contribution in [2.45, 2.75) is 32.2 Å². The molecular formula is C18H20F2N2O2. The van der Waals surface area contributed by atoms with E-state index in [-0.39, 0.29) is 17.9 Å². The van der Waals surface area contributed by atoms with E-state index in [1.54, 1.807) is 19.1 Å². The molecule has 1 aromatic carbocycles. The fourth-order valence-corrected chi connectivity index (χ4v) is 3.25. The van der Waals surface area contributed by atoms with E-state index in [0.29, 0.717) is 23.6 Å². The molecule has 0 spiro atoms. The lowest BCUT2D eigenvalue weighted by Gasteiger charge is -2.33. The van der Waals surface area contributed by atoms with Crippen LogP contribution in [-0.2, 0) is 0 Å². The van der Waals surface area contributed by atoms with Crippen molar-refractivity contribution in [3.8, 4) is 0 Å². The number of benzene rings is 1. The summed E-state index contributed by atoms with van der Waals surface area (Å²) in [5.41, 5.74) is 1.46. The molecule has 3 rings (SSSR count). The van der Waals surface area contributed by atoms with Gasteiger partial charge in [0.05, 0.1) is 0 Å². The van der Waals surface area contributed by atoms with E-state index in [4.69, 9.17) is 4.42 Å². The average Bonchev–Trinajstić information content (AvgIpc) is 2.89. The van der Waals surface area contributed by atoms with Crippen LogP contribution in [0, 0.1) is 25.5 Å². The molecule has 1 fully saturated rings. The summed E-state index contributed by atoms with van der Waals surface area (Å²) in [7, 11) is 0. The first-order valence-corrected chi connectivity index (χ1v) is 7.99. The molecule has 0 radical (unpaired) electrons. The molecule has 1 aliphatic heterocycles. The minimum absolute atomic E-state index is 0.0818. The van der Waals surface area contributed by atoms with Gasteiger partial charge in [0.2, 0.25) is 0 Å². The van der Waals surface area contributed by atoms with Gasteiger partial charge in [0.25, 0.3) is 5.91 Å². The lowest BCUT2D eigenvalue weighted by atomic mass is 9.86. The van der Waals surface area contributed by atoms with E-state index in [1.807, 2.05) is 6.92 Å². The van der Waals surface area contributed by atoms with Crippen molar-refractivity contribution < 1.29 is 18.0 Å². The number of carbonyl (C=O) groups excluding carboxylic acids is 1. The van der Waals surface area contributed by atoms with Crippen molar-refractivity contribution in [2.24, 2.45) is 0 Å². The van der Waals surface area contributed by atoms with Gasteiger partial charge in [-0.15, -0.1) is 0 Å². The maximum absolute atomic E-state index is 13.6. The SMILES string of the molecule is Cc1cc(C)c(C(=O)NC2CNCCC2c2ccc(F)c(F)c2)o1. The number of rotatable bonds is 3. The van der Waals surface area contributed by atoms with E-state index in [1.165, 1.54) is 6.07 Å². The maximum atomic E-state index is 13.6. The van der Waals surface area contributed by atoms with Crippen molar-refractivity contribution in [3.63, 3.8) is 0 Å². The highest BCUT2D eigenvalue weighted by Crippen LogP contribution is 2.27. The lowest BCUT2D eigenvalue weighted by Crippen LogP contribution is -2.50. The molecule has 1 saturated heterocycles. The zero-order valence-corrected chi connectivity index (χ0v) is 13.7. The molecule has 24 heavy (non-hydrogen) atoms. The Labute approximate surface area is 139 Å². The Morgan fingerprint density at radius 3 is 2.71 bits per heavy atom. The molecule has 2 N–H and O–H groups in total. The molecule has 2 aromatic rings. The average molecular weight is 334 g/mol. The Balaban J connectivity index is 1.80. The molecule has 6 heteroatoms. The second kappa shape index (κ2) is 6.73. The highest BCUT2D eigenvalue weighted by atomic mass is 19.2. The number of amides is 1. The summed E-state index contributed by atoms with van der Waals surface area (Å²) in [5.74, 6) is -1.13. The van der Waals surface area contributed by atoms with Crippen LogP contribution < -0.4 is 10.6 Å². The quantitative estimate of drug-likeness (QED) is 0.907. The molecule has 1 aromatic heterocycles. The number of furan rings is 1. The lowest BCUT2D eigenvalue weighted by molar-refractivity contribution is 0.0894. The molecule has 1 amide bonds. The first-order valence-electron chi connectivity index (χ1n) is 7.99. The van der Waals surface area contributed by atoms with Crippen LogP contribution in [0.4, 0.5) is 8.78 Å². The summed E-state index contributed by atoms with van der Waals surface area (Å²) in [4.78, 5) is 12.5. The van der Waals surface area contributed by atoms with E-state index >= 15 is 0 Å². The number of halogens is 2. The molecule has 2 unspecified atom stereocenters. The number of hydrogen-bond donors (Lipinski definition) is 2. The Hall–Kier alpha value is -2.21. The van der Waals surface area contributed by atoms with Gasteiger partial charge in [-0.1, -0.05) is 6.07 Å². The van der Waals surface area contributed by atoms with Crippen LogP contribution >= 0.6 is 0 Å². The number of carbonyl (C=O) groups is 1. The van der Waals surface area contributed by atoms with Crippen LogP contribution in [0.3, 0.4) is 0 Å². The Morgan fingerprint density at radius 2 is 2.04 bits per heavy atom. The number of hydrogen-bond acceptors (Lipinski definition) is 3. The van der Waals surface area contributed by atoms with Gasteiger partial charge in [-0.05, 0) is 50.6 Å². The van der Waals surface area contributed by atoms with Gasteiger partial charge in [0.15, 0.2) is 17.4 Å². The molecule has 0 saturated carbocycles. The monoisotopic (exact) mass is 334 g/mol. The zero-order valence-electron chi connectivity index (χ0n) is 13.7. The molecule has 0 bridgehead atoms. The fourth-order valence-electron chi connectivity index (χ4n) is 3.25. The van der Waals surface area contributed by atoms with Crippen LogP contribution in [0.15, 0.2) is 28.7 Å². The first kappa shape index (κ1) is 16.6. The summed E-state index contributed by atoms with van der Waals surface area (Å²) < 4.78 is 32.2. The summed E-state index contributed by atoms with van der Waals surface area (Å²) in [6.45, 7) is 4.93. The maximum Gasteiger partial charge on any atom is 0.287 e. The van der Waals surface area contributed by atoms with Crippen molar-refractivity contribution >= 4 is 5.91 Å². The molecule has 2 heterocycles. The number of aryl methyl sites for hydroxylation is 2. The minimum Gasteiger partial charge on any atom is -0.456 e. The number of piperidine rings is 1. The van der Waals surface area contributed by atoms with Gasteiger partial charge in [-0.25, -0.2) is 8.78 Å². The third-order valence-corrected chi connectivity index (χ3v) is 4.42. The summed E-state index contributed by atoms with van der Waals surface area (Å²) in [6.07, 6.45) is 0.728. The highest BCUT2D eigenvalue weighted by molar-refractivity contribution is 5.93. The largest absolute Gasteiger partial charge is 0.456 e. The predicted molar refractivity (Wildman–Crippen MR) is 86.0 cm³/mol. The van der Waals surface area contributed by atoms with Crippen LogP contribution in [0.5, 0.6) is 0 Å². The van der Waals surface area contributed by atoms with Gasteiger partial charge in [0.1, 0.15) is 5.76 Å². The molecular weight excluding hydrogens is 314 g/mol. The van der Waals surface area contributed by atoms with Gasteiger partial charge < -0.3 is 15.1 Å². The van der Waals surface area contributed by atoms with Crippen molar-refractivity contribution in [1.82, 2.24) is 10.6 Å². The summed E-state index contributed by atoms with van der Waals surface area (Å²) >= 11 is 0. The van der Waals surface area contributed by atoms with E-state index in [2.05, 4.69) is 10.6 Å². The molecule has 128 valence electrons. The second-order valence-corrected chi connectivity index (χ2v) is 6.22. The first-order chi connectivity index (χ1) is 11.5.